The van der Waals surface area contributed by atoms with E-state index in [0.29, 0.717) is 49.8 Å². The smallest absolute Gasteiger partial charge is 0.228 e. The molecule has 1 aliphatic heterocycles. The van der Waals surface area contributed by atoms with Gasteiger partial charge in [0.25, 0.3) is 0 Å². The monoisotopic (exact) mass is 422 g/mol. The van der Waals surface area contributed by atoms with Crippen molar-refractivity contribution in [2.24, 2.45) is 5.92 Å². The number of hydrogen-bond acceptors (Lipinski definition) is 6. The first-order valence-electron chi connectivity index (χ1n) is 9.31. The number of rotatable bonds is 7. The lowest BCUT2D eigenvalue weighted by Crippen LogP contribution is -2.41. The van der Waals surface area contributed by atoms with Crippen LogP contribution in [0, 0.1) is 5.92 Å². The van der Waals surface area contributed by atoms with Crippen LogP contribution in [0.4, 0.5) is 5.82 Å². The number of anilines is 1. The average molecular weight is 423 g/mol. The number of nitrogens with one attached hydrogen (secondary N) is 1. The molecule has 1 aromatic carbocycles. The Morgan fingerprint density at radius 1 is 1.21 bits per heavy atom. The van der Waals surface area contributed by atoms with Crippen molar-refractivity contribution in [2.75, 3.05) is 38.9 Å². The summed E-state index contributed by atoms with van der Waals surface area (Å²) < 4.78 is 37.1. The fourth-order valence-corrected chi connectivity index (χ4v) is 4.36. The zero-order chi connectivity index (χ0) is 21.0. The second-order valence-corrected chi connectivity index (χ2v) is 8.93. The van der Waals surface area contributed by atoms with Crippen LogP contribution in [0.15, 0.2) is 30.5 Å². The van der Waals surface area contributed by atoms with Gasteiger partial charge >= 0.3 is 0 Å². The van der Waals surface area contributed by atoms with Crippen molar-refractivity contribution in [1.29, 1.82) is 0 Å². The molecule has 1 aliphatic rings. The predicted molar refractivity (Wildman–Crippen MR) is 109 cm³/mol. The average Bonchev–Trinajstić information content (AvgIpc) is 3.13. The first kappa shape index (κ1) is 21.1. The molecule has 2 aromatic rings. The molecule has 0 radical (unpaired) electrons. The van der Waals surface area contributed by atoms with Gasteiger partial charge in [0.2, 0.25) is 15.9 Å². The molecular formula is C19H26N4O5S. The summed E-state index contributed by atoms with van der Waals surface area (Å²) in [5.41, 5.74) is 0.868. The van der Waals surface area contributed by atoms with Gasteiger partial charge in [-0.2, -0.15) is 5.10 Å². The van der Waals surface area contributed by atoms with E-state index in [1.807, 2.05) is 18.2 Å². The number of para-hydroxylation sites is 1. The Labute approximate surface area is 170 Å². The molecule has 9 nitrogen and oxygen atoms in total. The molecule has 0 unspecified atom stereocenters. The van der Waals surface area contributed by atoms with Crippen LogP contribution in [0.3, 0.4) is 0 Å². The molecule has 0 aliphatic carbocycles. The molecule has 0 bridgehead atoms. The van der Waals surface area contributed by atoms with Gasteiger partial charge in [0.1, 0.15) is 5.82 Å². The number of amides is 1. The molecule has 1 amide bonds. The molecule has 1 aromatic heterocycles. The number of carbonyl (C=O) groups excluding carboxylic acids is 1. The van der Waals surface area contributed by atoms with Gasteiger partial charge in [-0.05, 0) is 18.9 Å². The van der Waals surface area contributed by atoms with E-state index in [1.54, 1.807) is 31.2 Å². The maximum atomic E-state index is 12.7. The number of benzene rings is 1. The fraction of sp³-hybridized carbons (Fsp3) is 0.474. The second kappa shape index (κ2) is 8.83. The first-order chi connectivity index (χ1) is 13.8. The van der Waals surface area contributed by atoms with Gasteiger partial charge < -0.3 is 14.8 Å². The third kappa shape index (κ3) is 4.88. The molecule has 3 rings (SSSR count). The summed E-state index contributed by atoms with van der Waals surface area (Å²) in [7, 11) is -0.0543. The van der Waals surface area contributed by atoms with Crippen molar-refractivity contribution in [2.45, 2.75) is 19.4 Å². The molecule has 1 fully saturated rings. The van der Waals surface area contributed by atoms with E-state index in [0.717, 1.165) is 5.56 Å². The van der Waals surface area contributed by atoms with Crippen LogP contribution in [0.25, 0.3) is 0 Å². The van der Waals surface area contributed by atoms with Crippen LogP contribution < -0.4 is 14.8 Å². The highest BCUT2D eigenvalue weighted by Crippen LogP contribution is 2.31. The van der Waals surface area contributed by atoms with Gasteiger partial charge in [-0.25, -0.2) is 17.4 Å². The largest absolute Gasteiger partial charge is 0.493 e. The van der Waals surface area contributed by atoms with Crippen molar-refractivity contribution in [3.05, 3.63) is 36.0 Å². The first-order valence-corrected chi connectivity index (χ1v) is 11.2. The molecule has 1 N–H and O–H groups in total. The van der Waals surface area contributed by atoms with Crippen molar-refractivity contribution in [1.82, 2.24) is 14.1 Å². The Bertz CT molecular complexity index is 965. The lowest BCUT2D eigenvalue weighted by atomic mass is 9.97. The topological polar surface area (TPSA) is 103 Å². The third-order valence-corrected chi connectivity index (χ3v) is 6.37. The maximum Gasteiger partial charge on any atom is 0.228 e. The zero-order valence-electron chi connectivity index (χ0n) is 16.8. The Balaban J connectivity index is 1.68. The van der Waals surface area contributed by atoms with Gasteiger partial charge in [-0.15, -0.1) is 0 Å². The van der Waals surface area contributed by atoms with E-state index in [1.165, 1.54) is 10.6 Å². The molecular weight excluding hydrogens is 396 g/mol. The summed E-state index contributed by atoms with van der Waals surface area (Å²) >= 11 is 0. The minimum Gasteiger partial charge on any atom is -0.493 e. The Hall–Kier alpha value is -2.59. The van der Waals surface area contributed by atoms with Gasteiger partial charge in [0, 0.05) is 30.6 Å². The normalized spacial score (nSPS) is 15.8. The number of carbonyl (C=O) groups is 1. The minimum absolute atomic E-state index is 0.127. The van der Waals surface area contributed by atoms with E-state index in [-0.39, 0.29) is 11.8 Å². The second-order valence-electron chi connectivity index (χ2n) is 6.95. The van der Waals surface area contributed by atoms with E-state index >= 15 is 0 Å². The van der Waals surface area contributed by atoms with Crippen LogP contribution in [0.1, 0.15) is 18.4 Å². The van der Waals surface area contributed by atoms with Gasteiger partial charge in [0.05, 0.1) is 33.2 Å². The summed E-state index contributed by atoms with van der Waals surface area (Å²) in [6, 6.07) is 7.33. The van der Waals surface area contributed by atoms with Gasteiger partial charge in [-0.3, -0.25) is 4.79 Å². The van der Waals surface area contributed by atoms with Crippen LogP contribution in [-0.2, 0) is 21.4 Å². The number of nitrogens with zero attached hydrogens (tertiary/aromatic N) is 3. The van der Waals surface area contributed by atoms with Crippen LogP contribution in [0.5, 0.6) is 11.5 Å². The standard InChI is InChI=1S/C19H26N4O5S/c1-27-16-6-4-5-15(18(16)28-2)13-23-17(7-10-20-23)21-19(24)14-8-11-22(12-9-14)29(3,25)26/h4-7,10,14H,8-9,11-13H2,1-3H3,(H,21,24). The van der Waals surface area contributed by atoms with Crippen molar-refractivity contribution in [3.63, 3.8) is 0 Å². The number of aromatic nitrogens is 2. The summed E-state index contributed by atoms with van der Waals surface area (Å²) in [5, 5.41) is 7.22. The molecule has 1 saturated heterocycles. The zero-order valence-corrected chi connectivity index (χ0v) is 17.6. The van der Waals surface area contributed by atoms with Crippen molar-refractivity contribution >= 4 is 21.7 Å². The highest BCUT2D eigenvalue weighted by atomic mass is 32.2. The van der Waals surface area contributed by atoms with Crippen molar-refractivity contribution in [3.8, 4) is 11.5 Å². The lowest BCUT2D eigenvalue weighted by Gasteiger charge is -2.29. The summed E-state index contributed by atoms with van der Waals surface area (Å²) in [6.45, 7) is 1.11. The fourth-order valence-electron chi connectivity index (χ4n) is 3.48. The molecule has 29 heavy (non-hydrogen) atoms. The Morgan fingerprint density at radius 3 is 2.55 bits per heavy atom. The SMILES string of the molecule is COc1cccc(Cn2nccc2NC(=O)C2CCN(S(C)(=O)=O)CC2)c1OC. The quantitative estimate of drug-likeness (QED) is 0.726. The molecule has 2 heterocycles. The van der Waals surface area contributed by atoms with E-state index in [2.05, 4.69) is 10.4 Å². The number of sulfonamides is 1. The predicted octanol–water partition coefficient (Wildman–Crippen LogP) is 1.56. The maximum absolute atomic E-state index is 12.7. The Kier molecular flexibility index (Phi) is 6.43. The highest BCUT2D eigenvalue weighted by molar-refractivity contribution is 7.88. The molecule has 0 atom stereocenters. The lowest BCUT2D eigenvalue weighted by molar-refractivity contribution is -0.121. The van der Waals surface area contributed by atoms with Crippen molar-refractivity contribution < 1.29 is 22.7 Å². The van der Waals surface area contributed by atoms with E-state index < -0.39 is 10.0 Å². The molecule has 0 spiro atoms. The highest BCUT2D eigenvalue weighted by Gasteiger charge is 2.29. The van der Waals surface area contributed by atoms with Gasteiger partial charge in [0.15, 0.2) is 11.5 Å². The molecule has 158 valence electrons. The number of piperidine rings is 1. The van der Waals surface area contributed by atoms with Gasteiger partial charge in [-0.1, -0.05) is 12.1 Å². The summed E-state index contributed by atoms with van der Waals surface area (Å²) in [5.74, 6) is 1.46. The van der Waals surface area contributed by atoms with Crippen LogP contribution in [-0.4, -0.2) is 62.0 Å². The summed E-state index contributed by atoms with van der Waals surface area (Å²) in [4.78, 5) is 12.7. The molecule has 10 heteroatoms. The number of methoxy groups -OCH3 is 2. The van der Waals surface area contributed by atoms with E-state index in [4.69, 9.17) is 9.47 Å². The third-order valence-electron chi connectivity index (χ3n) is 5.07. The van der Waals surface area contributed by atoms with Crippen LogP contribution in [0.2, 0.25) is 0 Å². The van der Waals surface area contributed by atoms with Crippen LogP contribution >= 0.6 is 0 Å². The Morgan fingerprint density at radius 2 is 1.93 bits per heavy atom. The number of ether oxygens (including phenoxy) is 2. The van der Waals surface area contributed by atoms with E-state index in [9.17, 15) is 13.2 Å². The number of hydrogen-bond donors (Lipinski definition) is 1. The summed E-state index contributed by atoms with van der Waals surface area (Å²) in [6.07, 6.45) is 3.81. The molecule has 0 saturated carbocycles. The minimum atomic E-state index is -3.21.